The lowest BCUT2D eigenvalue weighted by atomic mass is 10.0. The van der Waals surface area contributed by atoms with E-state index in [4.69, 9.17) is 4.74 Å². The second kappa shape index (κ2) is 7.61. The molecule has 4 aromatic rings. The maximum Gasteiger partial charge on any atom is 0.196 e. The molecular formula is C23H20N4O3. The van der Waals surface area contributed by atoms with E-state index in [9.17, 15) is 9.90 Å². The van der Waals surface area contributed by atoms with Crippen molar-refractivity contribution in [3.8, 4) is 16.9 Å². The van der Waals surface area contributed by atoms with Gasteiger partial charge in [0.1, 0.15) is 11.4 Å². The molecule has 3 aromatic heterocycles. The molecule has 0 saturated carbocycles. The smallest absolute Gasteiger partial charge is 0.196 e. The lowest BCUT2D eigenvalue weighted by molar-refractivity contribution is 0.104. The number of phenolic OH excluding ortho intramolecular Hbond substituents is 1. The predicted molar refractivity (Wildman–Crippen MR) is 114 cm³/mol. The van der Waals surface area contributed by atoms with Gasteiger partial charge >= 0.3 is 0 Å². The van der Waals surface area contributed by atoms with E-state index in [1.165, 1.54) is 0 Å². The number of aromatic amines is 1. The number of rotatable bonds is 4. The van der Waals surface area contributed by atoms with Crippen LogP contribution in [0.1, 0.15) is 15.9 Å². The number of ether oxygens (including phenoxy) is 1. The molecule has 2 N–H and O–H groups in total. The van der Waals surface area contributed by atoms with E-state index < -0.39 is 0 Å². The molecule has 1 saturated heterocycles. The fourth-order valence-electron chi connectivity index (χ4n) is 3.78. The van der Waals surface area contributed by atoms with Crippen LogP contribution in [0.4, 0.5) is 5.69 Å². The van der Waals surface area contributed by atoms with Gasteiger partial charge in [-0.15, -0.1) is 0 Å². The largest absolute Gasteiger partial charge is 0.506 e. The first-order valence-electron chi connectivity index (χ1n) is 9.78. The standard InChI is InChI=1S/C23H20N4O3/c28-21-11-15(3-4-20(21)27-6-8-30-9-7-27)17-10-18-19(14-26-23(18)25-13-17)22(29)16-2-1-5-24-12-16/h1-5,10-14,28H,6-9H2,(H,25,26). The summed E-state index contributed by atoms with van der Waals surface area (Å²) in [5.41, 5.74) is 4.16. The maximum absolute atomic E-state index is 12.9. The fraction of sp³-hybridized carbons (Fsp3) is 0.174. The van der Waals surface area contributed by atoms with E-state index in [2.05, 4.69) is 19.9 Å². The van der Waals surface area contributed by atoms with E-state index in [1.54, 1.807) is 43.0 Å². The van der Waals surface area contributed by atoms with Crippen molar-refractivity contribution in [1.82, 2.24) is 15.0 Å². The summed E-state index contributed by atoms with van der Waals surface area (Å²) in [6, 6.07) is 11.0. The zero-order valence-electron chi connectivity index (χ0n) is 16.2. The number of aromatic hydroxyl groups is 1. The number of H-pyrrole nitrogens is 1. The highest BCUT2D eigenvalue weighted by atomic mass is 16.5. The Morgan fingerprint density at radius 1 is 1.10 bits per heavy atom. The summed E-state index contributed by atoms with van der Waals surface area (Å²) in [5, 5.41) is 11.3. The SMILES string of the molecule is O=C(c1cccnc1)c1c[nH]c2ncc(-c3ccc(N4CCOCC4)c(O)c3)cc12. The normalized spacial score (nSPS) is 14.2. The number of anilines is 1. The molecule has 30 heavy (non-hydrogen) atoms. The van der Waals surface area contributed by atoms with Gasteiger partial charge in [-0.3, -0.25) is 9.78 Å². The van der Waals surface area contributed by atoms with Crippen LogP contribution in [-0.4, -0.2) is 52.1 Å². The minimum atomic E-state index is -0.112. The Balaban J connectivity index is 1.51. The average Bonchev–Trinajstić information content (AvgIpc) is 3.23. The van der Waals surface area contributed by atoms with E-state index in [1.807, 2.05) is 18.2 Å². The molecule has 0 amide bonds. The molecule has 0 spiro atoms. The maximum atomic E-state index is 12.9. The Morgan fingerprint density at radius 3 is 2.73 bits per heavy atom. The third kappa shape index (κ3) is 3.29. The van der Waals surface area contributed by atoms with Gasteiger partial charge in [-0.1, -0.05) is 6.07 Å². The van der Waals surface area contributed by atoms with Crippen LogP contribution in [0.15, 0.2) is 61.2 Å². The third-order valence-electron chi connectivity index (χ3n) is 5.36. The number of benzene rings is 1. The van der Waals surface area contributed by atoms with Crippen LogP contribution in [0.3, 0.4) is 0 Å². The summed E-state index contributed by atoms with van der Waals surface area (Å²) < 4.78 is 5.38. The summed E-state index contributed by atoms with van der Waals surface area (Å²) in [4.78, 5) is 26.6. The van der Waals surface area contributed by atoms with Gasteiger partial charge in [0, 0.05) is 60.0 Å². The highest BCUT2D eigenvalue weighted by Gasteiger charge is 2.18. The molecule has 7 heteroatoms. The first-order valence-corrected chi connectivity index (χ1v) is 9.78. The topological polar surface area (TPSA) is 91.3 Å². The second-order valence-corrected chi connectivity index (χ2v) is 7.20. The fourth-order valence-corrected chi connectivity index (χ4v) is 3.78. The van der Waals surface area contributed by atoms with Crippen LogP contribution in [-0.2, 0) is 4.74 Å². The van der Waals surface area contributed by atoms with Crippen molar-refractivity contribution in [2.24, 2.45) is 0 Å². The Kier molecular flexibility index (Phi) is 4.65. The minimum absolute atomic E-state index is 0.112. The van der Waals surface area contributed by atoms with Gasteiger partial charge in [0.2, 0.25) is 0 Å². The second-order valence-electron chi connectivity index (χ2n) is 7.20. The van der Waals surface area contributed by atoms with Crippen LogP contribution in [0.2, 0.25) is 0 Å². The minimum Gasteiger partial charge on any atom is -0.506 e. The number of fused-ring (bicyclic) bond motifs is 1. The first kappa shape index (κ1) is 18.3. The Hall–Kier alpha value is -3.71. The highest BCUT2D eigenvalue weighted by molar-refractivity contribution is 6.16. The first-order chi connectivity index (χ1) is 14.7. The van der Waals surface area contributed by atoms with Crippen LogP contribution in [0, 0.1) is 0 Å². The van der Waals surface area contributed by atoms with E-state index in [0.29, 0.717) is 30.0 Å². The molecule has 7 nitrogen and oxygen atoms in total. The van der Waals surface area contributed by atoms with E-state index in [0.717, 1.165) is 35.3 Å². The van der Waals surface area contributed by atoms with Crippen LogP contribution < -0.4 is 4.90 Å². The number of hydrogen-bond acceptors (Lipinski definition) is 6. The molecule has 0 unspecified atom stereocenters. The Labute approximate surface area is 173 Å². The van der Waals surface area contributed by atoms with Gasteiger partial charge in [-0.05, 0) is 35.9 Å². The molecule has 0 atom stereocenters. The number of phenols is 1. The summed E-state index contributed by atoms with van der Waals surface area (Å²) in [6.45, 7) is 2.82. The molecule has 1 aromatic carbocycles. The number of hydrogen-bond donors (Lipinski definition) is 2. The monoisotopic (exact) mass is 400 g/mol. The summed E-state index contributed by atoms with van der Waals surface area (Å²) in [5.74, 6) is 0.106. The molecule has 1 fully saturated rings. The quantitative estimate of drug-likeness (QED) is 0.510. The number of ketones is 1. The number of carbonyl (C=O) groups excluding carboxylic acids is 1. The van der Waals surface area contributed by atoms with Crippen LogP contribution in [0.25, 0.3) is 22.2 Å². The molecule has 4 heterocycles. The predicted octanol–water partition coefficient (Wildman–Crippen LogP) is 3.40. The lowest BCUT2D eigenvalue weighted by Crippen LogP contribution is -2.36. The van der Waals surface area contributed by atoms with Gasteiger partial charge in [0.15, 0.2) is 5.78 Å². The van der Waals surface area contributed by atoms with Crippen molar-refractivity contribution in [3.63, 3.8) is 0 Å². The van der Waals surface area contributed by atoms with Crippen molar-refractivity contribution in [1.29, 1.82) is 0 Å². The van der Waals surface area contributed by atoms with Crippen LogP contribution in [0.5, 0.6) is 5.75 Å². The van der Waals surface area contributed by atoms with Crippen molar-refractivity contribution in [2.45, 2.75) is 0 Å². The van der Waals surface area contributed by atoms with E-state index >= 15 is 0 Å². The van der Waals surface area contributed by atoms with Crippen molar-refractivity contribution in [3.05, 3.63) is 72.3 Å². The number of nitrogens with one attached hydrogen (secondary N) is 1. The molecule has 150 valence electrons. The Bertz CT molecular complexity index is 1210. The van der Waals surface area contributed by atoms with Crippen LogP contribution >= 0.6 is 0 Å². The number of aromatic nitrogens is 3. The number of nitrogens with zero attached hydrogens (tertiary/aromatic N) is 3. The van der Waals surface area contributed by atoms with Gasteiger partial charge in [0.25, 0.3) is 0 Å². The number of pyridine rings is 2. The summed E-state index contributed by atoms with van der Waals surface area (Å²) in [6.07, 6.45) is 6.61. The molecule has 0 aliphatic carbocycles. The number of carbonyl (C=O) groups is 1. The highest BCUT2D eigenvalue weighted by Crippen LogP contribution is 2.34. The van der Waals surface area contributed by atoms with Crippen molar-refractivity contribution in [2.75, 3.05) is 31.2 Å². The lowest BCUT2D eigenvalue weighted by Gasteiger charge is -2.29. The average molecular weight is 400 g/mol. The summed E-state index contributed by atoms with van der Waals surface area (Å²) >= 11 is 0. The van der Waals surface area contributed by atoms with Crippen molar-refractivity contribution < 1.29 is 14.6 Å². The molecule has 1 aliphatic heterocycles. The Morgan fingerprint density at radius 2 is 1.97 bits per heavy atom. The molecule has 1 aliphatic rings. The molecule has 0 bridgehead atoms. The zero-order chi connectivity index (χ0) is 20.5. The van der Waals surface area contributed by atoms with Crippen molar-refractivity contribution >= 4 is 22.5 Å². The summed E-state index contributed by atoms with van der Waals surface area (Å²) in [7, 11) is 0. The van der Waals surface area contributed by atoms with Gasteiger partial charge in [-0.25, -0.2) is 4.98 Å². The molecular weight excluding hydrogens is 380 g/mol. The van der Waals surface area contributed by atoms with Gasteiger partial charge in [-0.2, -0.15) is 0 Å². The third-order valence-corrected chi connectivity index (χ3v) is 5.36. The molecule has 0 radical (unpaired) electrons. The van der Waals surface area contributed by atoms with E-state index in [-0.39, 0.29) is 11.5 Å². The number of morpholine rings is 1. The molecule has 5 rings (SSSR count). The zero-order valence-corrected chi connectivity index (χ0v) is 16.2. The van der Waals surface area contributed by atoms with Gasteiger partial charge in [0.05, 0.1) is 18.9 Å². The van der Waals surface area contributed by atoms with Gasteiger partial charge < -0.3 is 19.7 Å².